The van der Waals surface area contributed by atoms with Gasteiger partial charge in [0.15, 0.2) is 0 Å². The molecule has 4 aliphatic rings. The molecule has 1 nitrogen and oxygen atoms in total. The average molecular weight is 524 g/mol. The van der Waals surface area contributed by atoms with E-state index in [-0.39, 0.29) is 5.92 Å². The van der Waals surface area contributed by atoms with E-state index in [0.717, 1.165) is 9.18 Å². The molecule has 4 aromatic carbocycles. The van der Waals surface area contributed by atoms with Gasteiger partial charge in [0.1, 0.15) is 0 Å². The summed E-state index contributed by atoms with van der Waals surface area (Å²) in [5.74, 6) is 0.166. The fourth-order valence-corrected chi connectivity index (χ4v) is 11.8. The van der Waals surface area contributed by atoms with Gasteiger partial charge in [0, 0.05) is 0 Å². The van der Waals surface area contributed by atoms with Gasteiger partial charge in [-0.05, 0) is 0 Å². The summed E-state index contributed by atoms with van der Waals surface area (Å²) < 4.78 is 15.3. The number of benzene rings is 4. The average Bonchev–Trinajstić information content (AvgIpc) is 3.19. The predicted molar refractivity (Wildman–Crippen MR) is 130 cm³/mol. The fourth-order valence-electron chi connectivity index (χ4n) is 5.96. The van der Waals surface area contributed by atoms with Crippen molar-refractivity contribution in [2.45, 2.75) is 9.38 Å². The standard InChI is InChI=1S/C30H20OTe/c31-32-27(20-11-3-1-4-12-20)19-26-28(21-13-5-2-6-14-21)29-22-15-7-9-17-24(22)30(26,32)25-18-10-8-16-23(25)29/h1-19,29H. The molecule has 32 heavy (non-hydrogen) atoms. The van der Waals surface area contributed by atoms with Crippen LogP contribution in [0.5, 0.6) is 0 Å². The molecule has 0 atom stereocenters. The molecule has 2 heteroatoms. The quantitative estimate of drug-likeness (QED) is 0.275. The van der Waals surface area contributed by atoms with Crippen molar-refractivity contribution >= 4 is 28.7 Å². The third-order valence-electron chi connectivity index (χ3n) is 7.16. The Kier molecular flexibility index (Phi) is 3.89. The SMILES string of the molecule is O=[Te]1C(c2ccccc2)=CC2=C(c3ccccc3)C3c4ccccc4C21c1ccccc13. The molecule has 2 bridgehead atoms. The van der Waals surface area contributed by atoms with Crippen molar-refractivity contribution < 1.29 is 3.10 Å². The molecule has 1 heterocycles. The van der Waals surface area contributed by atoms with Crippen molar-refractivity contribution in [3.63, 3.8) is 0 Å². The number of hydrogen-bond donors (Lipinski definition) is 0. The summed E-state index contributed by atoms with van der Waals surface area (Å²) in [5, 5.41) is 0. The van der Waals surface area contributed by atoms with Crippen LogP contribution in [-0.2, 0) is 6.57 Å². The van der Waals surface area contributed by atoms with Gasteiger partial charge in [-0.25, -0.2) is 0 Å². The topological polar surface area (TPSA) is 17.1 Å². The Balaban J connectivity index is 1.65. The van der Waals surface area contributed by atoms with Crippen LogP contribution in [0.15, 0.2) is 121 Å². The molecule has 152 valence electrons. The first-order valence-corrected chi connectivity index (χ1v) is 14.3. The third-order valence-corrected chi connectivity index (χ3v) is 12.8. The molecular formula is C30H20OTe. The Morgan fingerprint density at radius 1 is 0.594 bits per heavy atom. The van der Waals surface area contributed by atoms with Crippen LogP contribution in [0.25, 0.3) is 9.19 Å². The van der Waals surface area contributed by atoms with E-state index in [2.05, 4.69) is 97.1 Å². The van der Waals surface area contributed by atoms with Crippen LogP contribution in [0.4, 0.5) is 0 Å². The van der Waals surface area contributed by atoms with Crippen LogP contribution in [-0.4, -0.2) is 19.5 Å². The van der Waals surface area contributed by atoms with Crippen molar-refractivity contribution in [3.05, 3.63) is 154 Å². The van der Waals surface area contributed by atoms with E-state index in [1.807, 2.05) is 18.2 Å². The maximum atomic E-state index is 14.8. The fraction of sp³-hybridized carbons (Fsp3) is 0.0667. The summed E-state index contributed by atoms with van der Waals surface area (Å²) >= 11 is -3.12. The van der Waals surface area contributed by atoms with Crippen molar-refractivity contribution in [2.75, 3.05) is 0 Å². The van der Waals surface area contributed by atoms with Gasteiger partial charge in [-0.3, -0.25) is 0 Å². The van der Waals surface area contributed by atoms with Gasteiger partial charge in [-0.2, -0.15) is 0 Å². The van der Waals surface area contributed by atoms with Gasteiger partial charge in [0.05, 0.1) is 0 Å². The minimum atomic E-state index is -3.12. The first-order chi connectivity index (χ1) is 15.8. The molecule has 0 amide bonds. The number of hydrogen-bond acceptors (Lipinski definition) is 1. The molecule has 0 unspecified atom stereocenters. The molecule has 1 aliphatic heterocycles. The van der Waals surface area contributed by atoms with Crippen molar-refractivity contribution in [3.8, 4) is 0 Å². The van der Waals surface area contributed by atoms with Crippen LogP contribution < -0.4 is 0 Å². The van der Waals surface area contributed by atoms with Gasteiger partial charge in [0.2, 0.25) is 0 Å². The summed E-state index contributed by atoms with van der Waals surface area (Å²) in [7, 11) is 0. The first-order valence-electron chi connectivity index (χ1n) is 11.0. The van der Waals surface area contributed by atoms with E-state index in [1.54, 1.807) is 0 Å². The Bertz CT molecular complexity index is 1430. The zero-order valence-corrected chi connectivity index (χ0v) is 19.7. The summed E-state index contributed by atoms with van der Waals surface area (Å²) in [6.45, 7) is 0. The minimum absolute atomic E-state index is 0.166. The summed E-state index contributed by atoms with van der Waals surface area (Å²) in [6.07, 6.45) is 2.29. The van der Waals surface area contributed by atoms with Gasteiger partial charge in [0.25, 0.3) is 0 Å². The van der Waals surface area contributed by atoms with Crippen LogP contribution in [0.1, 0.15) is 39.3 Å². The van der Waals surface area contributed by atoms with E-state index in [9.17, 15) is 3.10 Å². The van der Waals surface area contributed by atoms with E-state index < -0.39 is 23.0 Å². The molecule has 0 N–H and O–H groups in total. The van der Waals surface area contributed by atoms with Crippen molar-refractivity contribution in [2.24, 2.45) is 0 Å². The second-order valence-corrected chi connectivity index (χ2v) is 13.2. The van der Waals surface area contributed by atoms with Crippen LogP contribution in [0.3, 0.4) is 0 Å². The molecule has 0 saturated heterocycles. The Hall–Kier alpha value is -3.05. The Labute approximate surface area is 194 Å². The second-order valence-electron chi connectivity index (χ2n) is 8.63. The Morgan fingerprint density at radius 3 is 1.69 bits per heavy atom. The van der Waals surface area contributed by atoms with E-state index in [0.29, 0.717) is 0 Å². The molecule has 0 saturated carbocycles. The monoisotopic (exact) mass is 526 g/mol. The van der Waals surface area contributed by atoms with Gasteiger partial charge < -0.3 is 0 Å². The molecule has 0 radical (unpaired) electrons. The molecule has 1 spiro atoms. The van der Waals surface area contributed by atoms with Crippen molar-refractivity contribution in [1.82, 2.24) is 0 Å². The molecular weight excluding hydrogens is 504 g/mol. The number of allylic oxidation sites excluding steroid dienone is 3. The second kappa shape index (κ2) is 6.72. The molecule has 4 aromatic rings. The first kappa shape index (κ1) is 18.5. The third kappa shape index (κ3) is 2.19. The summed E-state index contributed by atoms with van der Waals surface area (Å²) in [5.41, 5.74) is 10.1. The van der Waals surface area contributed by atoms with E-state index in [1.165, 1.54) is 39.0 Å². The number of rotatable bonds is 2. The normalized spacial score (nSPS) is 22.9. The predicted octanol–water partition coefficient (Wildman–Crippen LogP) is 6.48. The van der Waals surface area contributed by atoms with Crippen LogP contribution in [0, 0.1) is 0 Å². The zero-order valence-electron chi connectivity index (χ0n) is 17.4. The van der Waals surface area contributed by atoms with Crippen LogP contribution >= 0.6 is 0 Å². The van der Waals surface area contributed by atoms with Crippen molar-refractivity contribution in [1.29, 1.82) is 0 Å². The van der Waals surface area contributed by atoms with Gasteiger partial charge in [-0.1, -0.05) is 0 Å². The molecule has 8 rings (SSSR count). The van der Waals surface area contributed by atoms with E-state index in [4.69, 9.17) is 0 Å². The zero-order chi connectivity index (χ0) is 21.3. The molecule has 3 aliphatic carbocycles. The van der Waals surface area contributed by atoms with Crippen LogP contribution in [0.2, 0.25) is 0 Å². The van der Waals surface area contributed by atoms with Gasteiger partial charge in [-0.15, -0.1) is 0 Å². The van der Waals surface area contributed by atoms with E-state index >= 15 is 0 Å². The summed E-state index contributed by atoms with van der Waals surface area (Å²) in [6, 6.07) is 38.5. The van der Waals surface area contributed by atoms with Gasteiger partial charge >= 0.3 is 195 Å². The Morgan fingerprint density at radius 2 is 1.09 bits per heavy atom. The molecule has 0 aromatic heterocycles. The summed E-state index contributed by atoms with van der Waals surface area (Å²) in [4.78, 5) is 0. The molecule has 0 fully saturated rings. The maximum absolute atomic E-state index is 14.8.